The standard InChI is InChI=1S/C28H38N6/c1-6-10-23(11-7-2)26(21-34(5)33-22(4)31-20-18-29)27(32-19-8-3)24-12-14-25(15-13-24)28(30)16-9-17-28/h3,6-7,10-15,21H,1,9,16-20,29-30H2,2,4-5H3,(H,31,33)/b11-7-,23-10+,26-21-,32-27?. The Kier molecular flexibility index (Phi) is 10.5. The second kappa shape index (κ2) is 13.3. The van der Waals surface area contributed by atoms with Gasteiger partial charge in [0, 0.05) is 36.5 Å². The highest BCUT2D eigenvalue weighted by atomic mass is 15.5. The first kappa shape index (κ1) is 26.8. The molecule has 34 heavy (non-hydrogen) atoms. The minimum Gasteiger partial charge on any atom is -0.329 e. The molecule has 1 aliphatic rings. The number of nitrogens with zero attached hydrogens (tertiary/aromatic N) is 3. The molecule has 1 fully saturated rings. The quantitative estimate of drug-likeness (QED) is 0.154. The molecule has 0 spiro atoms. The van der Waals surface area contributed by atoms with Gasteiger partial charge in [0.15, 0.2) is 0 Å². The van der Waals surface area contributed by atoms with Crippen LogP contribution in [0, 0.1) is 12.3 Å². The van der Waals surface area contributed by atoms with Crippen LogP contribution in [0.1, 0.15) is 44.2 Å². The monoisotopic (exact) mass is 458 g/mol. The van der Waals surface area contributed by atoms with E-state index in [0.29, 0.717) is 13.1 Å². The Bertz CT molecular complexity index is 1010. The van der Waals surface area contributed by atoms with Gasteiger partial charge in [-0.15, -0.1) is 6.42 Å². The number of allylic oxidation sites excluding steroid dienone is 6. The average molecular weight is 459 g/mol. The topological polar surface area (TPSA) is 92.0 Å². The number of benzene rings is 1. The molecule has 6 nitrogen and oxygen atoms in total. The highest BCUT2D eigenvalue weighted by molar-refractivity contribution is 6.15. The molecule has 1 aromatic rings. The van der Waals surface area contributed by atoms with Crippen molar-refractivity contribution in [2.24, 2.45) is 21.5 Å². The molecule has 0 bridgehead atoms. The summed E-state index contributed by atoms with van der Waals surface area (Å²) >= 11 is 0. The average Bonchev–Trinajstić information content (AvgIpc) is 2.81. The number of rotatable bonds is 11. The Labute approximate surface area is 204 Å². The Morgan fingerprint density at radius 3 is 2.53 bits per heavy atom. The van der Waals surface area contributed by atoms with Crippen LogP contribution in [0.4, 0.5) is 0 Å². The van der Waals surface area contributed by atoms with Gasteiger partial charge < -0.3 is 11.5 Å². The third-order valence-electron chi connectivity index (χ3n) is 5.66. The first-order valence-corrected chi connectivity index (χ1v) is 11.6. The summed E-state index contributed by atoms with van der Waals surface area (Å²) in [5.41, 5.74) is 19.9. The van der Waals surface area contributed by atoms with Gasteiger partial charge in [-0.1, -0.05) is 61.1 Å². The van der Waals surface area contributed by atoms with Crippen molar-refractivity contribution in [3.05, 3.63) is 83.6 Å². The molecule has 180 valence electrons. The van der Waals surface area contributed by atoms with E-state index in [1.165, 1.54) is 6.42 Å². The molecule has 0 amide bonds. The number of nitrogens with two attached hydrogens (primary N) is 2. The van der Waals surface area contributed by atoms with Crippen LogP contribution in [0.5, 0.6) is 0 Å². The predicted molar refractivity (Wildman–Crippen MR) is 146 cm³/mol. The van der Waals surface area contributed by atoms with E-state index in [2.05, 4.69) is 47.2 Å². The maximum Gasteiger partial charge on any atom is 0.112 e. The highest BCUT2D eigenvalue weighted by Crippen LogP contribution is 2.38. The van der Waals surface area contributed by atoms with Crippen LogP contribution in [-0.4, -0.2) is 43.2 Å². The zero-order valence-corrected chi connectivity index (χ0v) is 20.7. The zero-order valence-electron chi connectivity index (χ0n) is 20.7. The highest BCUT2D eigenvalue weighted by Gasteiger charge is 2.34. The maximum atomic E-state index is 6.53. The largest absolute Gasteiger partial charge is 0.329 e. The molecule has 1 saturated carbocycles. The fraction of sp³-hybridized carbons (Fsp3) is 0.357. The lowest BCUT2D eigenvalue weighted by atomic mass is 9.72. The summed E-state index contributed by atoms with van der Waals surface area (Å²) in [6.45, 7) is 9.10. The van der Waals surface area contributed by atoms with Crippen molar-refractivity contribution >= 4 is 11.5 Å². The maximum absolute atomic E-state index is 6.53. The Morgan fingerprint density at radius 2 is 2.00 bits per heavy atom. The van der Waals surface area contributed by atoms with E-state index in [1.54, 1.807) is 6.08 Å². The van der Waals surface area contributed by atoms with Crippen molar-refractivity contribution in [2.45, 2.75) is 38.6 Å². The van der Waals surface area contributed by atoms with Crippen molar-refractivity contribution in [1.82, 2.24) is 10.4 Å². The van der Waals surface area contributed by atoms with Crippen molar-refractivity contribution in [2.75, 3.05) is 26.7 Å². The number of hydrogen-bond acceptors (Lipinski definition) is 5. The molecule has 0 atom stereocenters. The fourth-order valence-corrected chi connectivity index (χ4v) is 3.83. The Hall–Kier alpha value is -3.40. The predicted octanol–water partition coefficient (Wildman–Crippen LogP) is 3.83. The minimum atomic E-state index is -0.212. The Balaban J connectivity index is 2.55. The summed E-state index contributed by atoms with van der Waals surface area (Å²) in [5, 5.41) is 1.86. The van der Waals surface area contributed by atoms with E-state index in [4.69, 9.17) is 22.9 Å². The molecule has 1 aliphatic carbocycles. The lowest BCUT2D eigenvalue weighted by molar-refractivity contribution is 0.253. The second-order valence-electron chi connectivity index (χ2n) is 8.34. The third-order valence-corrected chi connectivity index (χ3v) is 5.66. The van der Waals surface area contributed by atoms with Crippen LogP contribution in [-0.2, 0) is 5.54 Å². The lowest BCUT2D eigenvalue weighted by Gasteiger charge is -2.38. The fourth-order valence-electron chi connectivity index (χ4n) is 3.83. The van der Waals surface area contributed by atoms with Gasteiger partial charge in [-0.2, -0.15) is 0 Å². The van der Waals surface area contributed by atoms with Crippen LogP contribution >= 0.6 is 0 Å². The summed E-state index contributed by atoms with van der Waals surface area (Å²) in [6, 6.07) is 8.37. The molecule has 0 aliphatic heterocycles. The molecular weight excluding hydrogens is 420 g/mol. The third kappa shape index (κ3) is 7.31. The minimum absolute atomic E-state index is 0.212. The normalized spacial score (nSPS) is 16.7. The first-order valence-electron chi connectivity index (χ1n) is 11.6. The lowest BCUT2D eigenvalue weighted by Crippen LogP contribution is -2.43. The molecule has 0 unspecified atom stereocenters. The van der Waals surface area contributed by atoms with Crippen LogP contribution < -0.4 is 16.9 Å². The van der Waals surface area contributed by atoms with E-state index < -0.39 is 0 Å². The van der Waals surface area contributed by atoms with Gasteiger partial charge in [-0.25, -0.2) is 0 Å². The number of hydrogen-bond donors (Lipinski definition) is 3. The summed E-state index contributed by atoms with van der Waals surface area (Å²) in [4.78, 5) is 9.18. The van der Waals surface area contributed by atoms with E-state index in [-0.39, 0.29) is 12.1 Å². The summed E-state index contributed by atoms with van der Waals surface area (Å²) < 4.78 is 0. The van der Waals surface area contributed by atoms with Gasteiger partial charge in [0.1, 0.15) is 12.4 Å². The van der Waals surface area contributed by atoms with Gasteiger partial charge in [-0.05, 0) is 44.2 Å². The zero-order chi connectivity index (χ0) is 25.0. The number of amidine groups is 1. The molecular formula is C28H38N6. The molecule has 6 heteroatoms. The van der Waals surface area contributed by atoms with Gasteiger partial charge in [0.05, 0.1) is 12.3 Å². The number of terminal acetylenes is 1. The van der Waals surface area contributed by atoms with Crippen LogP contribution in [0.15, 0.2) is 82.5 Å². The number of hydrazine groups is 1. The second-order valence-corrected chi connectivity index (χ2v) is 8.34. The van der Waals surface area contributed by atoms with Crippen molar-refractivity contribution in [1.29, 1.82) is 0 Å². The molecule has 5 N–H and O–H groups in total. The van der Waals surface area contributed by atoms with E-state index >= 15 is 0 Å². The Morgan fingerprint density at radius 1 is 1.29 bits per heavy atom. The van der Waals surface area contributed by atoms with Gasteiger partial charge in [0.25, 0.3) is 0 Å². The van der Waals surface area contributed by atoms with Crippen molar-refractivity contribution in [3.8, 4) is 12.3 Å². The van der Waals surface area contributed by atoms with Crippen LogP contribution in [0.25, 0.3) is 0 Å². The summed E-state index contributed by atoms with van der Waals surface area (Å²) in [5.74, 6) is 3.40. The molecule has 2 rings (SSSR count). The van der Waals surface area contributed by atoms with Crippen molar-refractivity contribution in [3.63, 3.8) is 0 Å². The molecule has 0 aromatic heterocycles. The molecule has 0 radical (unpaired) electrons. The smallest absolute Gasteiger partial charge is 0.112 e. The molecule has 0 saturated heterocycles. The number of nitrogens with one attached hydrogen (secondary N) is 1. The van der Waals surface area contributed by atoms with Crippen LogP contribution in [0.2, 0.25) is 0 Å². The summed E-state index contributed by atoms with van der Waals surface area (Å²) in [6.07, 6.45) is 18.5. The van der Waals surface area contributed by atoms with E-state index in [0.717, 1.165) is 46.7 Å². The summed E-state index contributed by atoms with van der Waals surface area (Å²) in [7, 11) is 1.92. The van der Waals surface area contributed by atoms with Gasteiger partial charge >= 0.3 is 0 Å². The molecule has 1 aromatic carbocycles. The SMILES string of the molecule is C#CCN=C(C(=C\N(C)NC(C)=NCCN)/C(/C=C\C)=C/C=C)c1ccc(C2(N)CCC2)cc1. The first-order chi connectivity index (χ1) is 16.4. The molecule has 0 heterocycles. The van der Waals surface area contributed by atoms with Crippen LogP contribution in [0.3, 0.4) is 0 Å². The van der Waals surface area contributed by atoms with E-state index in [1.807, 2.05) is 50.3 Å². The van der Waals surface area contributed by atoms with Gasteiger partial charge in [-0.3, -0.25) is 20.4 Å². The van der Waals surface area contributed by atoms with Crippen molar-refractivity contribution < 1.29 is 0 Å². The van der Waals surface area contributed by atoms with E-state index in [9.17, 15) is 0 Å². The van der Waals surface area contributed by atoms with Gasteiger partial charge in [0.2, 0.25) is 0 Å². The number of aliphatic imine (C=N–C) groups is 2.